The summed E-state index contributed by atoms with van der Waals surface area (Å²) in [5.74, 6) is -3.38. The molecule has 0 aliphatic rings. The maximum Gasteiger partial charge on any atom is 0.336 e. The number of aliphatic carboxylic acids is 1. The summed E-state index contributed by atoms with van der Waals surface area (Å²) >= 11 is 0. The molecule has 3 aromatic rings. The lowest BCUT2D eigenvalue weighted by molar-refractivity contribution is -0.138. The van der Waals surface area contributed by atoms with Crippen LogP contribution in [0, 0.1) is 0 Å². The number of hydrogen-bond donors (Lipinski definition) is 4. The number of amides is 2. The number of ether oxygens (including phenoxy) is 1. The van der Waals surface area contributed by atoms with E-state index < -0.39 is 36.3 Å². The van der Waals surface area contributed by atoms with Gasteiger partial charge in [-0.3, -0.25) is 14.4 Å². The maximum absolute atomic E-state index is 12.8. The molecule has 0 spiro atoms. The van der Waals surface area contributed by atoms with Crippen molar-refractivity contribution in [3.63, 3.8) is 0 Å². The number of hydrogen-bond acceptors (Lipinski definition) is 5. The fourth-order valence-corrected chi connectivity index (χ4v) is 3.30. The molecule has 0 aliphatic carbocycles. The van der Waals surface area contributed by atoms with Crippen molar-refractivity contribution in [1.82, 2.24) is 10.6 Å². The second kappa shape index (κ2) is 12.0. The quantitative estimate of drug-likeness (QED) is 0.333. The Labute approximate surface area is 201 Å². The molecule has 0 radical (unpaired) electrons. The molecule has 9 heteroatoms. The molecule has 0 heterocycles. The molecule has 4 N–H and O–H groups in total. The number of carboxylic acid groups (broad SMARTS) is 2. The van der Waals surface area contributed by atoms with Crippen LogP contribution in [0.25, 0.3) is 0 Å². The summed E-state index contributed by atoms with van der Waals surface area (Å²) in [5.41, 5.74) is 1.37. The summed E-state index contributed by atoms with van der Waals surface area (Å²) < 4.78 is 5.75. The minimum Gasteiger partial charge on any atom is -0.489 e. The predicted octanol–water partition coefficient (Wildman–Crippen LogP) is 2.51. The molecule has 35 heavy (non-hydrogen) atoms. The third kappa shape index (κ3) is 7.43. The minimum atomic E-state index is -1.28. The van der Waals surface area contributed by atoms with Gasteiger partial charge in [0, 0.05) is 6.42 Å². The van der Waals surface area contributed by atoms with Gasteiger partial charge in [0.25, 0.3) is 5.91 Å². The van der Waals surface area contributed by atoms with Gasteiger partial charge in [0.15, 0.2) is 0 Å². The molecular weight excluding hydrogens is 452 g/mol. The van der Waals surface area contributed by atoms with Gasteiger partial charge in [0.1, 0.15) is 24.9 Å². The van der Waals surface area contributed by atoms with Crippen molar-refractivity contribution >= 4 is 23.8 Å². The molecule has 1 atom stereocenters. The summed E-state index contributed by atoms with van der Waals surface area (Å²) in [6, 6.07) is 21.0. The first-order valence-electron chi connectivity index (χ1n) is 10.7. The lowest BCUT2D eigenvalue weighted by Gasteiger charge is -2.19. The third-order valence-corrected chi connectivity index (χ3v) is 5.05. The molecule has 0 saturated heterocycles. The van der Waals surface area contributed by atoms with Gasteiger partial charge < -0.3 is 25.6 Å². The lowest BCUT2D eigenvalue weighted by Crippen LogP contribution is -2.49. The number of nitrogens with one attached hydrogen (secondary N) is 2. The maximum atomic E-state index is 12.8. The predicted molar refractivity (Wildman–Crippen MR) is 126 cm³/mol. The molecule has 9 nitrogen and oxygen atoms in total. The normalized spacial score (nSPS) is 11.2. The average Bonchev–Trinajstić information content (AvgIpc) is 2.87. The molecule has 0 fully saturated rings. The molecule has 0 bridgehead atoms. The Morgan fingerprint density at radius 3 is 2.03 bits per heavy atom. The van der Waals surface area contributed by atoms with E-state index in [0.29, 0.717) is 17.9 Å². The zero-order chi connectivity index (χ0) is 25.2. The van der Waals surface area contributed by atoms with Crippen molar-refractivity contribution in [1.29, 1.82) is 0 Å². The van der Waals surface area contributed by atoms with Gasteiger partial charge in [-0.1, -0.05) is 54.6 Å². The van der Waals surface area contributed by atoms with E-state index in [4.69, 9.17) is 9.84 Å². The van der Waals surface area contributed by atoms with E-state index in [2.05, 4.69) is 10.6 Å². The largest absolute Gasteiger partial charge is 0.489 e. The summed E-state index contributed by atoms with van der Waals surface area (Å²) in [7, 11) is 0. The van der Waals surface area contributed by atoms with Crippen LogP contribution in [0.1, 0.15) is 31.8 Å². The van der Waals surface area contributed by atoms with E-state index in [-0.39, 0.29) is 17.5 Å². The Morgan fingerprint density at radius 1 is 0.771 bits per heavy atom. The van der Waals surface area contributed by atoms with Crippen LogP contribution in [0.4, 0.5) is 0 Å². The van der Waals surface area contributed by atoms with Crippen LogP contribution in [0.5, 0.6) is 5.75 Å². The molecule has 180 valence electrons. The van der Waals surface area contributed by atoms with Crippen LogP contribution in [0.3, 0.4) is 0 Å². The number of carbonyl (C=O) groups is 4. The van der Waals surface area contributed by atoms with Crippen LogP contribution in [-0.2, 0) is 22.6 Å². The van der Waals surface area contributed by atoms with Crippen LogP contribution in [-0.4, -0.2) is 46.6 Å². The second-order valence-corrected chi connectivity index (χ2v) is 7.61. The minimum absolute atomic E-state index is 0.0470. The van der Waals surface area contributed by atoms with Crippen molar-refractivity contribution in [2.24, 2.45) is 0 Å². The van der Waals surface area contributed by atoms with E-state index in [1.54, 1.807) is 24.3 Å². The average molecular weight is 476 g/mol. The summed E-state index contributed by atoms with van der Waals surface area (Å²) in [6.07, 6.45) is 0.0470. The van der Waals surface area contributed by atoms with Gasteiger partial charge in [0.05, 0.1) is 11.1 Å². The number of rotatable bonds is 11. The van der Waals surface area contributed by atoms with Crippen molar-refractivity contribution < 1.29 is 34.1 Å². The highest BCUT2D eigenvalue weighted by Crippen LogP contribution is 2.16. The van der Waals surface area contributed by atoms with E-state index >= 15 is 0 Å². The van der Waals surface area contributed by atoms with Gasteiger partial charge in [-0.15, -0.1) is 0 Å². The molecule has 0 unspecified atom stereocenters. The molecule has 2 amide bonds. The molecule has 0 saturated carbocycles. The Balaban J connectivity index is 1.72. The SMILES string of the molecule is O=C(O)CNC(=O)[C@H](Cc1ccc(OCc2ccccc2)cc1)NC(=O)c1ccccc1C(=O)O. The monoisotopic (exact) mass is 476 g/mol. The number of carbonyl (C=O) groups excluding carboxylic acids is 2. The van der Waals surface area contributed by atoms with Crippen molar-refractivity contribution in [3.05, 3.63) is 101 Å². The van der Waals surface area contributed by atoms with E-state index in [1.165, 1.54) is 24.3 Å². The van der Waals surface area contributed by atoms with Crippen molar-refractivity contribution in [3.8, 4) is 5.75 Å². The summed E-state index contributed by atoms with van der Waals surface area (Å²) in [4.78, 5) is 47.8. The highest BCUT2D eigenvalue weighted by atomic mass is 16.5. The molecule has 0 aliphatic heterocycles. The van der Waals surface area contributed by atoms with Crippen molar-refractivity contribution in [2.75, 3.05) is 6.54 Å². The topological polar surface area (TPSA) is 142 Å². The number of benzene rings is 3. The van der Waals surface area contributed by atoms with E-state index in [1.807, 2.05) is 30.3 Å². The van der Waals surface area contributed by atoms with Crippen molar-refractivity contribution in [2.45, 2.75) is 19.1 Å². The van der Waals surface area contributed by atoms with Gasteiger partial charge in [-0.2, -0.15) is 0 Å². The summed E-state index contributed by atoms with van der Waals surface area (Å²) in [5, 5.41) is 23.0. The van der Waals surface area contributed by atoms with Crippen LogP contribution < -0.4 is 15.4 Å². The zero-order valence-electron chi connectivity index (χ0n) is 18.6. The Hall–Kier alpha value is -4.66. The summed E-state index contributed by atoms with van der Waals surface area (Å²) in [6.45, 7) is -0.234. The van der Waals surface area contributed by atoms with Gasteiger partial charge in [-0.25, -0.2) is 4.79 Å². The van der Waals surface area contributed by atoms with Gasteiger partial charge in [-0.05, 0) is 35.4 Å². The fourth-order valence-electron chi connectivity index (χ4n) is 3.30. The smallest absolute Gasteiger partial charge is 0.336 e. The van der Waals surface area contributed by atoms with Crippen LogP contribution in [0.15, 0.2) is 78.9 Å². The van der Waals surface area contributed by atoms with Crippen LogP contribution in [0.2, 0.25) is 0 Å². The number of carboxylic acids is 2. The Kier molecular flexibility index (Phi) is 8.55. The first-order chi connectivity index (χ1) is 16.8. The van der Waals surface area contributed by atoms with E-state index in [0.717, 1.165) is 5.56 Å². The highest BCUT2D eigenvalue weighted by molar-refractivity contribution is 6.06. The molecular formula is C26H24N2O7. The number of aromatic carboxylic acids is 1. The third-order valence-electron chi connectivity index (χ3n) is 5.05. The van der Waals surface area contributed by atoms with Gasteiger partial charge >= 0.3 is 11.9 Å². The Morgan fingerprint density at radius 2 is 1.40 bits per heavy atom. The lowest BCUT2D eigenvalue weighted by atomic mass is 10.0. The highest BCUT2D eigenvalue weighted by Gasteiger charge is 2.24. The Bertz CT molecular complexity index is 1190. The zero-order valence-corrected chi connectivity index (χ0v) is 18.6. The van der Waals surface area contributed by atoms with Gasteiger partial charge in [0.2, 0.25) is 5.91 Å². The van der Waals surface area contributed by atoms with E-state index in [9.17, 15) is 24.3 Å². The first-order valence-corrected chi connectivity index (χ1v) is 10.7. The molecule has 3 rings (SSSR count). The standard InChI is InChI=1S/C26H24N2O7/c29-23(30)15-27-25(32)22(28-24(31)20-8-4-5-9-21(20)26(33)34)14-17-10-12-19(13-11-17)35-16-18-6-2-1-3-7-18/h1-13,22H,14-16H2,(H,27,32)(H,28,31)(H,29,30)(H,33,34)/t22-/m0/s1. The van der Waals surface area contributed by atoms with Crippen LogP contribution >= 0.6 is 0 Å². The molecule has 0 aromatic heterocycles. The first kappa shape index (κ1) is 25.0. The second-order valence-electron chi connectivity index (χ2n) is 7.61. The molecule has 3 aromatic carbocycles. The fraction of sp³-hybridized carbons (Fsp3) is 0.154.